The molecule has 3 nitrogen and oxygen atoms in total. The Bertz CT molecular complexity index is 204. The van der Waals surface area contributed by atoms with E-state index in [0.717, 1.165) is 13.0 Å². The van der Waals surface area contributed by atoms with E-state index in [2.05, 4.69) is 17.1 Å². The van der Waals surface area contributed by atoms with Crippen molar-refractivity contribution in [3.63, 3.8) is 0 Å². The first-order chi connectivity index (χ1) is 7.81. The molecule has 2 rings (SSSR count). The van der Waals surface area contributed by atoms with E-state index in [0.29, 0.717) is 12.1 Å². The molecule has 0 aromatic carbocycles. The van der Waals surface area contributed by atoms with E-state index in [4.69, 9.17) is 0 Å². The summed E-state index contributed by atoms with van der Waals surface area (Å²) in [5.74, 6) is 0. The Morgan fingerprint density at radius 1 is 1.31 bits per heavy atom. The number of nitrogens with zero attached hydrogens (tertiary/aromatic N) is 1. The summed E-state index contributed by atoms with van der Waals surface area (Å²) in [4.78, 5) is 2.53. The summed E-state index contributed by atoms with van der Waals surface area (Å²) in [6.45, 7) is 5.31. The lowest BCUT2D eigenvalue weighted by atomic mass is 9.94. The molecule has 0 aliphatic carbocycles. The average molecular weight is 226 g/mol. The summed E-state index contributed by atoms with van der Waals surface area (Å²) >= 11 is 0. The third-order valence-corrected chi connectivity index (χ3v) is 4.14. The van der Waals surface area contributed by atoms with Crippen molar-refractivity contribution < 1.29 is 5.11 Å². The second-order valence-electron chi connectivity index (χ2n) is 5.32. The molecule has 2 aliphatic heterocycles. The highest BCUT2D eigenvalue weighted by Gasteiger charge is 2.31. The Balaban J connectivity index is 1.90. The Morgan fingerprint density at radius 2 is 2.19 bits per heavy atom. The van der Waals surface area contributed by atoms with Gasteiger partial charge in [0, 0.05) is 18.6 Å². The van der Waals surface area contributed by atoms with Crippen LogP contribution in [0.25, 0.3) is 0 Å². The standard InChI is InChI=1S/C13H26N2O/c1-2-11(16)10-15-9-4-3-7-13(15)12-6-5-8-14-12/h11-14,16H,2-10H2,1H3. The third kappa shape index (κ3) is 2.96. The molecule has 3 unspecified atom stereocenters. The van der Waals surface area contributed by atoms with Crippen LogP contribution >= 0.6 is 0 Å². The van der Waals surface area contributed by atoms with Crippen molar-refractivity contribution in [2.75, 3.05) is 19.6 Å². The molecular weight excluding hydrogens is 200 g/mol. The smallest absolute Gasteiger partial charge is 0.0664 e. The highest BCUT2D eigenvalue weighted by molar-refractivity contribution is 4.91. The molecule has 0 radical (unpaired) electrons. The molecule has 3 heteroatoms. The van der Waals surface area contributed by atoms with Crippen molar-refractivity contribution in [3.8, 4) is 0 Å². The zero-order valence-electron chi connectivity index (χ0n) is 10.5. The number of likely N-dealkylation sites (tertiary alicyclic amines) is 1. The summed E-state index contributed by atoms with van der Waals surface area (Å²) in [5, 5.41) is 13.4. The molecule has 3 atom stereocenters. The first kappa shape index (κ1) is 12.3. The van der Waals surface area contributed by atoms with Gasteiger partial charge in [-0.05, 0) is 45.2 Å². The van der Waals surface area contributed by atoms with Crippen LogP contribution in [0.1, 0.15) is 45.4 Å². The van der Waals surface area contributed by atoms with Crippen molar-refractivity contribution in [2.45, 2.75) is 63.6 Å². The van der Waals surface area contributed by atoms with Crippen LogP contribution in [0, 0.1) is 0 Å². The number of nitrogens with one attached hydrogen (secondary N) is 1. The van der Waals surface area contributed by atoms with Gasteiger partial charge in [-0.1, -0.05) is 13.3 Å². The summed E-state index contributed by atoms with van der Waals surface area (Å²) in [7, 11) is 0. The van der Waals surface area contributed by atoms with Crippen molar-refractivity contribution in [1.29, 1.82) is 0 Å². The Kier molecular flexibility index (Phi) is 4.62. The Labute approximate surface area is 99.2 Å². The maximum absolute atomic E-state index is 9.81. The number of aliphatic hydroxyl groups is 1. The van der Waals surface area contributed by atoms with E-state index in [1.54, 1.807) is 0 Å². The molecule has 2 heterocycles. The fourth-order valence-corrected chi connectivity index (χ4v) is 3.14. The molecule has 16 heavy (non-hydrogen) atoms. The monoisotopic (exact) mass is 226 g/mol. The average Bonchev–Trinajstić information content (AvgIpc) is 2.83. The Morgan fingerprint density at radius 3 is 2.88 bits per heavy atom. The molecule has 2 fully saturated rings. The molecule has 0 spiro atoms. The summed E-state index contributed by atoms with van der Waals surface area (Å²) in [6, 6.07) is 1.36. The quantitative estimate of drug-likeness (QED) is 0.760. The largest absolute Gasteiger partial charge is 0.392 e. The molecule has 0 amide bonds. The molecular formula is C13H26N2O. The second-order valence-corrected chi connectivity index (χ2v) is 5.32. The van der Waals surface area contributed by atoms with Crippen LogP contribution in [0.2, 0.25) is 0 Å². The molecule has 2 aliphatic rings. The van der Waals surface area contributed by atoms with Gasteiger partial charge >= 0.3 is 0 Å². The molecule has 0 aromatic heterocycles. The number of hydrogen-bond acceptors (Lipinski definition) is 3. The lowest BCUT2D eigenvalue weighted by Gasteiger charge is -2.40. The van der Waals surface area contributed by atoms with Crippen molar-refractivity contribution >= 4 is 0 Å². The summed E-state index contributed by atoms with van der Waals surface area (Å²) < 4.78 is 0. The maximum atomic E-state index is 9.81. The zero-order valence-corrected chi connectivity index (χ0v) is 10.5. The highest BCUT2D eigenvalue weighted by atomic mass is 16.3. The number of hydrogen-bond donors (Lipinski definition) is 2. The molecule has 0 saturated carbocycles. The SMILES string of the molecule is CCC(O)CN1CCCCC1C1CCCN1. The maximum Gasteiger partial charge on any atom is 0.0664 e. The number of piperidine rings is 1. The first-order valence-corrected chi connectivity index (χ1v) is 6.96. The van der Waals surface area contributed by atoms with Crippen LogP contribution < -0.4 is 5.32 Å². The van der Waals surface area contributed by atoms with E-state index in [9.17, 15) is 5.11 Å². The van der Waals surface area contributed by atoms with E-state index in [1.807, 2.05) is 0 Å². The van der Waals surface area contributed by atoms with Gasteiger partial charge in [0.1, 0.15) is 0 Å². The minimum Gasteiger partial charge on any atom is -0.392 e. The number of β-amino-alcohol motifs (C(OH)–C–C–N with tert-alkyl or cyclic N) is 1. The van der Waals surface area contributed by atoms with Gasteiger partial charge in [0.15, 0.2) is 0 Å². The summed E-state index contributed by atoms with van der Waals surface area (Å²) in [6.07, 6.45) is 7.37. The second kappa shape index (κ2) is 5.99. The molecule has 0 bridgehead atoms. The van der Waals surface area contributed by atoms with E-state index in [1.165, 1.54) is 45.2 Å². The Hall–Kier alpha value is -0.120. The fraction of sp³-hybridized carbons (Fsp3) is 1.00. The van der Waals surface area contributed by atoms with Crippen molar-refractivity contribution in [3.05, 3.63) is 0 Å². The molecule has 2 saturated heterocycles. The van der Waals surface area contributed by atoms with E-state index < -0.39 is 0 Å². The van der Waals surface area contributed by atoms with Crippen LogP contribution in [-0.4, -0.2) is 47.8 Å². The predicted octanol–water partition coefficient (Wildman–Crippen LogP) is 1.36. The summed E-state index contributed by atoms with van der Waals surface area (Å²) in [5.41, 5.74) is 0. The van der Waals surface area contributed by atoms with E-state index >= 15 is 0 Å². The molecule has 0 aromatic rings. The number of aliphatic hydroxyl groups excluding tert-OH is 1. The zero-order chi connectivity index (χ0) is 11.4. The lowest BCUT2D eigenvalue weighted by Crippen LogP contribution is -2.52. The van der Waals surface area contributed by atoms with Gasteiger partial charge in [-0.25, -0.2) is 0 Å². The van der Waals surface area contributed by atoms with Crippen molar-refractivity contribution in [1.82, 2.24) is 10.2 Å². The normalized spacial score (nSPS) is 34.1. The van der Waals surface area contributed by atoms with Gasteiger partial charge < -0.3 is 10.4 Å². The first-order valence-electron chi connectivity index (χ1n) is 6.96. The van der Waals surface area contributed by atoms with Crippen molar-refractivity contribution in [2.24, 2.45) is 0 Å². The third-order valence-electron chi connectivity index (χ3n) is 4.14. The van der Waals surface area contributed by atoms with Gasteiger partial charge in [0.05, 0.1) is 6.10 Å². The van der Waals surface area contributed by atoms with Gasteiger partial charge in [0.25, 0.3) is 0 Å². The minimum absolute atomic E-state index is 0.137. The minimum atomic E-state index is -0.137. The topological polar surface area (TPSA) is 35.5 Å². The van der Waals surface area contributed by atoms with Gasteiger partial charge in [-0.2, -0.15) is 0 Å². The predicted molar refractivity (Wildman–Crippen MR) is 66.5 cm³/mol. The van der Waals surface area contributed by atoms with Crippen LogP contribution in [-0.2, 0) is 0 Å². The van der Waals surface area contributed by atoms with Gasteiger partial charge in [-0.15, -0.1) is 0 Å². The van der Waals surface area contributed by atoms with Crippen LogP contribution in [0.4, 0.5) is 0 Å². The lowest BCUT2D eigenvalue weighted by molar-refractivity contribution is 0.0532. The van der Waals surface area contributed by atoms with Gasteiger partial charge in [-0.3, -0.25) is 4.90 Å². The molecule has 94 valence electrons. The molecule has 2 N–H and O–H groups in total. The van der Waals surface area contributed by atoms with E-state index in [-0.39, 0.29) is 6.10 Å². The number of rotatable bonds is 4. The highest BCUT2D eigenvalue weighted by Crippen LogP contribution is 2.24. The van der Waals surface area contributed by atoms with Crippen LogP contribution in [0.3, 0.4) is 0 Å². The van der Waals surface area contributed by atoms with Crippen LogP contribution in [0.5, 0.6) is 0 Å². The fourth-order valence-electron chi connectivity index (χ4n) is 3.14. The van der Waals surface area contributed by atoms with Gasteiger partial charge in [0.2, 0.25) is 0 Å². The van der Waals surface area contributed by atoms with Crippen LogP contribution in [0.15, 0.2) is 0 Å².